The zero-order valence-corrected chi connectivity index (χ0v) is 9.69. The predicted octanol–water partition coefficient (Wildman–Crippen LogP) is 3.75. The van der Waals surface area contributed by atoms with Gasteiger partial charge in [-0.05, 0) is 12.8 Å². The van der Waals surface area contributed by atoms with Gasteiger partial charge in [0.15, 0.2) is 0 Å². The van der Waals surface area contributed by atoms with Gasteiger partial charge in [-0.3, -0.25) is 0 Å². The van der Waals surface area contributed by atoms with E-state index in [1.165, 1.54) is 25.7 Å². The topological polar surface area (TPSA) is 0 Å². The van der Waals surface area contributed by atoms with Gasteiger partial charge in [0.1, 0.15) is 0 Å². The highest BCUT2D eigenvalue weighted by Crippen LogP contribution is 2.04. The molecular formula is C8H16Cl2Si. The minimum atomic E-state index is -1.47. The second kappa shape index (κ2) is 8.63. The molecule has 0 fully saturated rings. The lowest BCUT2D eigenvalue weighted by atomic mass is 10.2. The van der Waals surface area contributed by atoms with E-state index in [-0.39, 0.29) is 0 Å². The van der Waals surface area contributed by atoms with Crippen molar-refractivity contribution in [2.24, 2.45) is 0 Å². The van der Waals surface area contributed by atoms with E-state index in [0.29, 0.717) is 0 Å². The van der Waals surface area contributed by atoms with Crippen LogP contribution in [0.25, 0.3) is 0 Å². The Balaban J connectivity index is 3.01. The summed E-state index contributed by atoms with van der Waals surface area (Å²) in [7, 11) is -1.47. The molecule has 0 bridgehead atoms. The van der Waals surface area contributed by atoms with Crippen molar-refractivity contribution in [2.45, 2.75) is 39.0 Å². The summed E-state index contributed by atoms with van der Waals surface area (Å²) in [5.74, 6) is 0. The summed E-state index contributed by atoms with van der Waals surface area (Å²) in [6.45, 7) is 2.22. The molecule has 0 unspecified atom stereocenters. The fourth-order valence-electron chi connectivity index (χ4n) is 0.888. The molecule has 0 nitrogen and oxygen atoms in total. The molecule has 0 saturated carbocycles. The molecular weight excluding hydrogens is 195 g/mol. The Bertz CT molecular complexity index is 102. The van der Waals surface area contributed by atoms with Crippen molar-refractivity contribution in [2.75, 3.05) is 0 Å². The van der Waals surface area contributed by atoms with Crippen molar-refractivity contribution in [3.05, 3.63) is 11.8 Å². The maximum absolute atomic E-state index is 5.64. The van der Waals surface area contributed by atoms with Crippen molar-refractivity contribution >= 4 is 29.6 Å². The van der Waals surface area contributed by atoms with Gasteiger partial charge in [-0.2, -0.15) is 0 Å². The summed E-state index contributed by atoms with van der Waals surface area (Å²) < 4.78 is 0. The van der Waals surface area contributed by atoms with Gasteiger partial charge in [-0.1, -0.05) is 38.0 Å². The molecule has 0 N–H and O–H groups in total. The minimum absolute atomic E-state index is 1.14. The smallest absolute Gasteiger partial charge is 0.145 e. The van der Waals surface area contributed by atoms with Gasteiger partial charge in [0, 0.05) is 0 Å². The van der Waals surface area contributed by atoms with E-state index in [4.69, 9.17) is 22.2 Å². The third kappa shape index (κ3) is 10.5. The number of halogens is 2. The van der Waals surface area contributed by atoms with Crippen LogP contribution in [-0.2, 0) is 0 Å². The lowest BCUT2D eigenvalue weighted by Gasteiger charge is -1.93. The van der Waals surface area contributed by atoms with Gasteiger partial charge in [0.05, 0.1) is 0 Å². The van der Waals surface area contributed by atoms with E-state index >= 15 is 0 Å². The lowest BCUT2D eigenvalue weighted by molar-refractivity contribution is 0.674. The quantitative estimate of drug-likeness (QED) is 0.356. The van der Waals surface area contributed by atoms with E-state index in [0.717, 1.165) is 6.42 Å². The third-order valence-corrected chi connectivity index (χ3v) is 2.94. The Morgan fingerprint density at radius 2 is 1.91 bits per heavy atom. The number of allylic oxidation sites excluding steroid dienone is 1. The summed E-state index contributed by atoms with van der Waals surface area (Å²) in [6.07, 6.45) is 8.51. The highest BCUT2D eigenvalue weighted by Gasteiger charge is 1.91. The normalized spacial score (nSPS) is 11.6. The molecule has 0 aliphatic rings. The van der Waals surface area contributed by atoms with Gasteiger partial charge in [-0.15, -0.1) is 22.2 Å². The molecule has 66 valence electrons. The first-order chi connectivity index (χ1) is 5.27. The van der Waals surface area contributed by atoms with E-state index in [9.17, 15) is 0 Å². The molecule has 0 rings (SSSR count). The van der Waals surface area contributed by atoms with Crippen molar-refractivity contribution in [3.63, 3.8) is 0 Å². The van der Waals surface area contributed by atoms with E-state index < -0.39 is 7.42 Å². The molecule has 0 atom stereocenters. The first-order valence-electron chi connectivity index (χ1n) is 4.22. The van der Waals surface area contributed by atoms with Crippen molar-refractivity contribution in [1.29, 1.82) is 0 Å². The van der Waals surface area contributed by atoms with E-state index in [2.05, 4.69) is 13.0 Å². The number of hydrogen-bond donors (Lipinski definition) is 0. The summed E-state index contributed by atoms with van der Waals surface area (Å²) in [6, 6.07) is 0. The zero-order valence-electron chi connectivity index (χ0n) is 7.02. The number of unbranched alkanes of at least 4 members (excludes halogenated alkanes) is 4. The van der Waals surface area contributed by atoms with Gasteiger partial charge >= 0.3 is 0 Å². The Kier molecular flexibility index (Phi) is 9.05. The molecule has 0 radical (unpaired) electrons. The van der Waals surface area contributed by atoms with Crippen LogP contribution in [0.1, 0.15) is 39.0 Å². The average Bonchev–Trinajstić information content (AvgIpc) is 1.96. The van der Waals surface area contributed by atoms with Crippen LogP contribution in [0.5, 0.6) is 0 Å². The van der Waals surface area contributed by atoms with Gasteiger partial charge in [0.25, 0.3) is 7.42 Å². The fourth-order valence-corrected chi connectivity index (χ4v) is 1.90. The second-order valence-corrected chi connectivity index (χ2v) is 7.16. The second-order valence-electron chi connectivity index (χ2n) is 2.61. The highest BCUT2D eigenvalue weighted by molar-refractivity contribution is 7.36. The van der Waals surface area contributed by atoms with Crippen LogP contribution in [0.3, 0.4) is 0 Å². The monoisotopic (exact) mass is 210 g/mol. The molecule has 0 saturated heterocycles. The molecule has 0 spiro atoms. The van der Waals surface area contributed by atoms with E-state index in [1.807, 2.05) is 5.70 Å². The third-order valence-electron chi connectivity index (χ3n) is 1.51. The summed E-state index contributed by atoms with van der Waals surface area (Å²) in [4.78, 5) is 0. The van der Waals surface area contributed by atoms with Gasteiger partial charge in [0.2, 0.25) is 0 Å². The van der Waals surface area contributed by atoms with Gasteiger partial charge < -0.3 is 0 Å². The maximum Gasteiger partial charge on any atom is 0.259 e. The number of hydrogen-bond acceptors (Lipinski definition) is 0. The van der Waals surface area contributed by atoms with Crippen molar-refractivity contribution in [1.82, 2.24) is 0 Å². The SMILES string of the molecule is CCCCCCC=C[SiH](Cl)Cl. The van der Waals surface area contributed by atoms with Crippen LogP contribution in [-0.4, -0.2) is 7.42 Å². The Labute approximate surface area is 80.6 Å². The van der Waals surface area contributed by atoms with Crippen molar-refractivity contribution < 1.29 is 0 Å². The molecule has 0 aliphatic heterocycles. The predicted molar refractivity (Wildman–Crippen MR) is 56.8 cm³/mol. The fraction of sp³-hybridized carbons (Fsp3) is 0.750. The van der Waals surface area contributed by atoms with Crippen LogP contribution < -0.4 is 0 Å². The maximum atomic E-state index is 5.64. The molecule has 0 aromatic carbocycles. The molecule has 0 amide bonds. The Morgan fingerprint density at radius 3 is 2.45 bits per heavy atom. The van der Waals surface area contributed by atoms with Crippen LogP contribution in [0.4, 0.5) is 0 Å². The largest absolute Gasteiger partial charge is 0.259 e. The molecule has 0 aliphatic carbocycles. The van der Waals surface area contributed by atoms with Crippen LogP contribution in [0, 0.1) is 0 Å². The molecule has 0 heterocycles. The summed E-state index contributed by atoms with van der Waals surface area (Å²) >= 11 is 11.3. The Hall–Kier alpha value is 0.537. The van der Waals surface area contributed by atoms with Crippen LogP contribution in [0.15, 0.2) is 11.8 Å². The first kappa shape index (κ1) is 11.5. The average molecular weight is 211 g/mol. The number of rotatable bonds is 6. The van der Waals surface area contributed by atoms with Crippen molar-refractivity contribution in [3.8, 4) is 0 Å². The van der Waals surface area contributed by atoms with Crippen LogP contribution in [0.2, 0.25) is 0 Å². The lowest BCUT2D eigenvalue weighted by Crippen LogP contribution is -1.83. The molecule has 0 aromatic heterocycles. The van der Waals surface area contributed by atoms with E-state index in [1.54, 1.807) is 0 Å². The minimum Gasteiger partial charge on any atom is -0.145 e. The summed E-state index contributed by atoms with van der Waals surface area (Å²) in [5, 5.41) is 0. The standard InChI is InChI=1S/C8H16Cl2Si/c1-2-3-4-5-6-7-8-11(9)10/h7-8,11H,2-6H2,1H3. The zero-order chi connectivity index (χ0) is 8.53. The Morgan fingerprint density at radius 1 is 1.18 bits per heavy atom. The van der Waals surface area contributed by atoms with Gasteiger partial charge in [-0.25, -0.2) is 0 Å². The molecule has 0 aromatic rings. The molecule has 11 heavy (non-hydrogen) atoms. The highest BCUT2D eigenvalue weighted by atomic mass is 35.7. The first-order valence-corrected chi connectivity index (χ1v) is 8.38. The molecule has 3 heteroatoms. The van der Waals surface area contributed by atoms with Crippen LogP contribution >= 0.6 is 22.2 Å². The summed E-state index contributed by atoms with van der Waals surface area (Å²) in [5.41, 5.74) is 1.97.